The summed E-state index contributed by atoms with van der Waals surface area (Å²) >= 11 is 3.99. The van der Waals surface area contributed by atoms with Crippen LogP contribution in [0.1, 0.15) is 15.9 Å². The fourth-order valence-electron chi connectivity index (χ4n) is 1.43. The first-order chi connectivity index (χ1) is 9.83. The molecule has 2 N–H and O–H groups in total. The van der Waals surface area contributed by atoms with Gasteiger partial charge in [0.1, 0.15) is 4.21 Å². The van der Waals surface area contributed by atoms with Crippen LogP contribution in [0, 0.1) is 11.3 Å². The molecule has 0 aliphatic carbocycles. The third-order valence-electron chi connectivity index (χ3n) is 2.43. The minimum absolute atomic E-state index is 0.0840. The number of carboxylic acid groups (broad SMARTS) is 1. The molecule has 2 rings (SSSR count). The Hall–Kier alpha value is -1.89. The van der Waals surface area contributed by atoms with Crippen LogP contribution in [-0.2, 0) is 10.0 Å². The Labute approximate surface area is 132 Å². The highest BCUT2D eigenvalue weighted by Gasteiger charge is 2.20. The van der Waals surface area contributed by atoms with Gasteiger partial charge >= 0.3 is 5.97 Å². The van der Waals surface area contributed by atoms with E-state index in [4.69, 9.17) is 10.4 Å². The summed E-state index contributed by atoms with van der Waals surface area (Å²) in [5, 5.41) is 18.8. The number of nitrogens with zero attached hydrogens (tertiary/aromatic N) is 1. The lowest BCUT2D eigenvalue weighted by Crippen LogP contribution is -2.12. The smallest absolute Gasteiger partial charge is 0.336 e. The molecule has 2 aromatic rings. The number of halogens is 1. The zero-order valence-electron chi connectivity index (χ0n) is 10.2. The van der Waals surface area contributed by atoms with Gasteiger partial charge in [-0.05, 0) is 40.2 Å². The second kappa shape index (κ2) is 5.85. The van der Waals surface area contributed by atoms with E-state index in [-0.39, 0.29) is 15.5 Å². The minimum atomic E-state index is -3.88. The maximum absolute atomic E-state index is 12.2. The average Bonchev–Trinajstić information content (AvgIpc) is 2.91. The largest absolute Gasteiger partial charge is 0.478 e. The molecule has 1 aromatic heterocycles. The van der Waals surface area contributed by atoms with Crippen LogP contribution in [0.15, 0.2) is 38.3 Å². The quantitative estimate of drug-likeness (QED) is 0.839. The van der Waals surface area contributed by atoms with Crippen LogP contribution >= 0.6 is 27.3 Å². The van der Waals surface area contributed by atoms with Crippen molar-refractivity contribution in [1.29, 1.82) is 5.26 Å². The molecule has 1 aromatic carbocycles. The highest BCUT2D eigenvalue weighted by molar-refractivity contribution is 9.10. The Bertz CT molecular complexity index is 852. The van der Waals surface area contributed by atoms with Gasteiger partial charge in [-0.3, -0.25) is 4.72 Å². The Morgan fingerprint density at radius 3 is 2.62 bits per heavy atom. The van der Waals surface area contributed by atoms with Crippen molar-refractivity contribution in [3.8, 4) is 6.07 Å². The lowest BCUT2D eigenvalue weighted by Gasteiger charge is -2.08. The van der Waals surface area contributed by atoms with Gasteiger partial charge in [-0.25, -0.2) is 13.2 Å². The molecule has 0 atom stereocenters. The number of rotatable bonds is 4. The molecule has 0 unspecified atom stereocenters. The van der Waals surface area contributed by atoms with Crippen molar-refractivity contribution in [3.63, 3.8) is 0 Å². The summed E-state index contributed by atoms with van der Waals surface area (Å²) in [6, 6.07) is 7.43. The number of hydrogen-bond acceptors (Lipinski definition) is 5. The van der Waals surface area contributed by atoms with Crippen LogP contribution < -0.4 is 4.72 Å². The highest BCUT2D eigenvalue weighted by Crippen LogP contribution is 2.28. The minimum Gasteiger partial charge on any atom is -0.478 e. The first-order valence-electron chi connectivity index (χ1n) is 5.38. The van der Waals surface area contributed by atoms with Crippen molar-refractivity contribution in [1.82, 2.24) is 0 Å². The first kappa shape index (κ1) is 15.5. The van der Waals surface area contributed by atoms with Gasteiger partial charge in [0.05, 0.1) is 22.9 Å². The van der Waals surface area contributed by atoms with Crippen LogP contribution in [0.25, 0.3) is 0 Å². The van der Waals surface area contributed by atoms with Gasteiger partial charge in [-0.2, -0.15) is 5.26 Å². The number of hydrogen-bond donors (Lipinski definition) is 2. The van der Waals surface area contributed by atoms with E-state index in [0.717, 1.165) is 17.4 Å². The third kappa shape index (κ3) is 3.41. The predicted octanol–water partition coefficient (Wildman–Crippen LogP) is 2.88. The number of nitrogens with one attached hydrogen (secondary N) is 1. The third-order valence-corrected chi connectivity index (χ3v) is 5.89. The SMILES string of the molecule is N#Cc1ccc(NS(=O)(=O)c2cc(C(=O)O)cs2)c(Br)c1. The maximum Gasteiger partial charge on any atom is 0.336 e. The molecular formula is C12H7BrN2O4S2. The summed E-state index contributed by atoms with van der Waals surface area (Å²) < 4.78 is 27.0. The van der Waals surface area contributed by atoms with Gasteiger partial charge in [-0.15, -0.1) is 11.3 Å². The van der Waals surface area contributed by atoms with Crippen LogP contribution in [0.2, 0.25) is 0 Å². The summed E-state index contributed by atoms with van der Waals surface area (Å²) in [5.41, 5.74) is 0.563. The molecule has 0 saturated heterocycles. The van der Waals surface area contributed by atoms with Gasteiger partial charge in [-0.1, -0.05) is 0 Å². The van der Waals surface area contributed by atoms with E-state index in [1.807, 2.05) is 6.07 Å². The molecule has 108 valence electrons. The lowest BCUT2D eigenvalue weighted by atomic mass is 10.2. The number of thiophene rings is 1. The molecule has 0 aliphatic heterocycles. The number of nitriles is 1. The standard InChI is InChI=1S/C12H7BrN2O4S2/c13-9-3-7(5-14)1-2-10(9)15-21(18,19)11-4-8(6-20-11)12(16)17/h1-4,6,15H,(H,16,17). The van der Waals surface area contributed by atoms with Crippen molar-refractivity contribution in [3.05, 3.63) is 45.2 Å². The number of carboxylic acids is 1. The van der Waals surface area contributed by atoms with Crippen LogP contribution in [0.3, 0.4) is 0 Å². The van der Waals surface area contributed by atoms with Crippen molar-refractivity contribution >= 4 is 48.9 Å². The van der Waals surface area contributed by atoms with Gasteiger partial charge in [0.2, 0.25) is 0 Å². The molecule has 0 amide bonds. The molecule has 0 saturated carbocycles. The highest BCUT2D eigenvalue weighted by atomic mass is 79.9. The number of anilines is 1. The van der Waals surface area contributed by atoms with E-state index in [1.54, 1.807) is 0 Å². The zero-order chi connectivity index (χ0) is 15.6. The van der Waals surface area contributed by atoms with Gasteiger partial charge in [0.15, 0.2) is 0 Å². The number of carbonyl (C=O) groups is 1. The van der Waals surface area contributed by atoms with Crippen LogP contribution in [0.4, 0.5) is 5.69 Å². The Kier molecular flexibility index (Phi) is 4.32. The fraction of sp³-hybridized carbons (Fsp3) is 0. The number of benzene rings is 1. The van der Waals surface area contributed by atoms with E-state index in [9.17, 15) is 13.2 Å². The molecule has 0 radical (unpaired) electrons. The maximum atomic E-state index is 12.2. The summed E-state index contributed by atoms with van der Waals surface area (Å²) in [6.07, 6.45) is 0. The van der Waals surface area contributed by atoms with Crippen molar-refractivity contribution < 1.29 is 18.3 Å². The van der Waals surface area contributed by atoms with Crippen LogP contribution in [0.5, 0.6) is 0 Å². The van der Waals surface area contributed by atoms with Gasteiger partial charge in [0, 0.05) is 9.85 Å². The van der Waals surface area contributed by atoms with E-state index in [2.05, 4.69) is 20.7 Å². The van der Waals surface area contributed by atoms with Gasteiger partial charge in [0.25, 0.3) is 10.0 Å². The molecule has 0 spiro atoms. The molecule has 0 fully saturated rings. The van der Waals surface area contributed by atoms with E-state index in [0.29, 0.717) is 10.0 Å². The van der Waals surface area contributed by atoms with Crippen LogP contribution in [-0.4, -0.2) is 19.5 Å². The summed E-state index contributed by atoms with van der Waals surface area (Å²) in [5.74, 6) is -1.19. The number of sulfonamides is 1. The Balaban J connectivity index is 2.33. The monoisotopic (exact) mass is 386 g/mol. The molecule has 1 heterocycles. The molecule has 0 bridgehead atoms. The summed E-state index contributed by atoms with van der Waals surface area (Å²) in [6.45, 7) is 0. The fourth-order valence-corrected chi connectivity index (χ4v) is 4.27. The number of aromatic carboxylic acids is 1. The van der Waals surface area contributed by atoms with E-state index >= 15 is 0 Å². The predicted molar refractivity (Wildman–Crippen MR) is 80.9 cm³/mol. The normalized spacial score (nSPS) is 10.9. The van der Waals surface area contributed by atoms with Crippen molar-refractivity contribution in [2.24, 2.45) is 0 Å². The van der Waals surface area contributed by atoms with Crippen molar-refractivity contribution in [2.75, 3.05) is 4.72 Å². The summed E-state index contributed by atoms with van der Waals surface area (Å²) in [7, 11) is -3.88. The van der Waals surface area contributed by atoms with Crippen molar-refractivity contribution in [2.45, 2.75) is 4.21 Å². The molecule has 21 heavy (non-hydrogen) atoms. The zero-order valence-corrected chi connectivity index (χ0v) is 13.4. The second-order valence-electron chi connectivity index (χ2n) is 3.87. The molecular weight excluding hydrogens is 380 g/mol. The first-order valence-corrected chi connectivity index (χ1v) is 8.53. The topological polar surface area (TPSA) is 107 Å². The van der Waals surface area contributed by atoms with E-state index in [1.165, 1.54) is 23.6 Å². The Morgan fingerprint density at radius 2 is 2.10 bits per heavy atom. The lowest BCUT2D eigenvalue weighted by molar-refractivity contribution is 0.0697. The second-order valence-corrected chi connectivity index (χ2v) is 7.55. The molecule has 9 heteroatoms. The van der Waals surface area contributed by atoms with E-state index < -0.39 is 16.0 Å². The molecule has 6 nitrogen and oxygen atoms in total. The summed E-state index contributed by atoms with van der Waals surface area (Å²) in [4.78, 5) is 10.8. The van der Waals surface area contributed by atoms with Gasteiger partial charge < -0.3 is 5.11 Å². The molecule has 0 aliphatic rings. The Morgan fingerprint density at radius 1 is 1.38 bits per heavy atom. The average molecular weight is 387 g/mol.